The fourth-order valence-electron chi connectivity index (χ4n) is 2.92. The van der Waals surface area contributed by atoms with Gasteiger partial charge in [0.15, 0.2) is 0 Å². The molecule has 0 aliphatic rings. The Kier molecular flexibility index (Phi) is 6.79. The predicted octanol–water partition coefficient (Wildman–Crippen LogP) is 5.66. The van der Waals surface area contributed by atoms with Crippen LogP contribution in [-0.4, -0.2) is 0 Å². The molecule has 3 aromatic carbocycles. The molecule has 0 amide bonds. The molecule has 0 radical (unpaired) electrons. The van der Waals surface area contributed by atoms with Crippen molar-refractivity contribution in [2.24, 2.45) is 0 Å². The largest absolute Gasteiger partial charge is 0.122 e. The summed E-state index contributed by atoms with van der Waals surface area (Å²) in [6, 6.07) is 25.2. The molecule has 0 fully saturated rings. The van der Waals surface area contributed by atoms with E-state index >= 15 is 0 Å². The Morgan fingerprint density at radius 1 is 0.480 bits per heavy atom. The maximum Gasteiger partial charge on any atom is 0.0480 e. The fourth-order valence-corrected chi connectivity index (χ4v) is 6.70. The van der Waals surface area contributed by atoms with E-state index in [1.165, 1.54) is 15.9 Å². The Labute approximate surface area is 165 Å². The van der Waals surface area contributed by atoms with Crippen molar-refractivity contribution in [1.82, 2.24) is 0 Å². The van der Waals surface area contributed by atoms with E-state index < -0.39 is 7.92 Å². The Bertz CT molecular complexity index is 735. The average Bonchev–Trinajstić information content (AvgIpc) is 2.69. The fraction of sp³-hybridized carbons (Fsp3) is 0.143. The molecule has 0 nitrogen and oxygen atoms in total. The molecule has 128 valence electrons. The van der Waals surface area contributed by atoms with Crippen molar-refractivity contribution >= 4 is 58.6 Å². The summed E-state index contributed by atoms with van der Waals surface area (Å²) >= 11 is 18.8. The van der Waals surface area contributed by atoms with Crippen LogP contribution < -0.4 is 15.9 Å². The summed E-state index contributed by atoms with van der Waals surface area (Å²) in [5, 5.41) is 3.80. The summed E-state index contributed by atoms with van der Waals surface area (Å²) < 4.78 is 0. The number of hydrogen-bond donors (Lipinski definition) is 0. The van der Waals surface area contributed by atoms with Gasteiger partial charge in [0.2, 0.25) is 0 Å². The van der Waals surface area contributed by atoms with E-state index in [1.807, 2.05) is 18.2 Å². The van der Waals surface area contributed by atoms with Crippen molar-refractivity contribution in [3.63, 3.8) is 0 Å². The lowest BCUT2D eigenvalue weighted by Gasteiger charge is -2.25. The summed E-state index contributed by atoms with van der Waals surface area (Å²) in [6.45, 7) is 0. The first kappa shape index (κ1) is 18.7. The van der Waals surface area contributed by atoms with E-state index in [4.69, 9.17) is 34.8 Å². The van der Waals surface area contributed by atoms with Crippen molar-refractivity contribution in [3.05, 3.63) is 89.5 Å². The SMILES string of the molecule is ClCc1ccccc1P(c1ccccc1CCl)c1ccccc1CCl. The summed E-state index contributed by atoms with van der Waals surface area (Å²) in [4.78, 5) is 0. The monoisotopic (exact) mass is 406 g/mol. The molecular formula is C21H18Cl3P. The number of hydrogen-bond acceptors (Lipinski definition) is 0. The van der Waals surface area contributed by atoms with Gasteiger partial charge in [-0.15, -0.1) is 34.8 Å². The highest BCUT2D eigenvalue weighted by atomic mass is 35.5. The molecule has 0 atom stereocenters. The number of benzene rings is 3. The van der Waals surface area contributed by atoms with E-state index in [0.717, 1.165) is 16.7 Å². The lowest BCUT2D eigenvalue weighted by molar-refractivity contribution is 1.42. The summed E-state index contributed by atoms with van der Waals surface area (Å²) in [6.07, 6.45) is 0. The molecule has 3 aromatic rings. The molecule has 0 saturated heterocycles. The van der Waals surface area contributed by atoms with Crippen LogP contribution >= 0.6 is 42.7 Å². The van der Waals surface area contributed by atoms with Gasteiger partial charge in [0, 0.05) is 17.6 Å². The second kappa shape index (κ2) is 9.06. The molecule has 0 N–H and O–H groups in total. The molecule has 0 aliphatic heterocycles. The highest BCUT2D eigenvalue weighted by Crippen LogP contribution is 2.37. The lowest BCUT2D eigenvalue weighted by Crippen LogP contribution is -2.26. The van der Waals surface area contributed by atoms with Crippen molar-refractivity contribution in [1.29, 1.82) is 0 Å². The van der Waals surface area contributed by atoms with Crippen molar-refractivity contribution in [2.75, 3.05) is 0 Å². The molecule has 0 heterocycles. The number of alkyl halides is 3. The Morgan fingerprint density at radius 2 is 0.760 bits per heavy atom. The number of rotatable bonds is 6. The van der Waals surface area contributed by atoms with Crippen LogP contribution in [-0.2, 0) is 17.6 Å². The maximum absolute atomic E-state index is 6.26. The van der Waals surface area contributed by atoms with E-state index in [0.29, 0.717) is 17.6 Å². The van der Waals surface area contributed by atoms with Crippen LogP contribution in [0.4, 0.5) is 0 Å². The van der Waals surface area contributed by atoms with Gasteiger partial charge in [0.05, 0.1) is 0 Å². The van der Waals surface area contributed by atoms with Gasteiger partial charge < -0.3 is 0 Å². The minimum Gasteiger partial charge on any atom is -0.122 e. The van der Waals surface area contributed by atoms with Gasteiger partial charge in [-0.2, -0.15) is 0 Å². The molecule has 4 heteroatoms. The van der Waals surface area contributed by atoms with Crippen LogP contribution in [0.25, 0.3) is 0 Å². The van der Waals surface area contributed by atoms with Crippen LogP contribution in [0, 0.1) is 0 Å². The van der Waals surface area contributed by atoms with Crippen molar-refractivity contribution in [3.8, 4) is 0 Å². The van der Waals surface area contributed by atoms with E-state index in [9.17, 15) is 0 Å². The van der Waals surface area contributed by atoms with Crippen molar-refractivity contribution < 1.29 is 0 Å². The third-order valence-electron chi connectivity index (χ3n) is 4.13. The summed E-state index contributed by atoms with van der Waals surface area (Å²) in [5.74, 6) is 1.46. The van der Waals surface area contributed by atoms with E-state index in [1.54, 1.807) is 0 Å². The third kappa shape index (κ3) is 4.04. The van der Waals surface area contributed by atoms with E-state index in [-0.39, 0.29) is 0 Å². The first-order valence-electron chi connectivity index (χ1n) is 8.02. The average molecular weight is 408 g/mol. The van der Waals surface area contributed by atoms with Gasteiger partial charge >= 0.3 is 0 Å². The second-order valence-corrected chi connectivity index (χ2v) is 8.54. The van der Waals surface area contributed by atoms with Crippen LogP contribution in [0.5, 0.6) is 0 Å². The normalized spacial score (nSPS) is 11.0. The van der Waals surface area contributed by atoms with Gasteiger partial charge in [0.25, 0.3) is 0 Å². The molecule has 25 heavy (non-hydrogen) atoms. The van der Waals surface area contributed by atoms with Gasteiger partial charge in [-0.05, 0) is 40.5 Å². The Balaban J connectivity index is 2.29. The Hall–Kier alpha value is -1.04. The molecule has 0 unspecified atom stereocenters. The van der Waals surface area contributed by atoms with Gasteiger partial charge in [-0.1, -0.05) is 72.8 Å². The number of halogens is 3. The molecule has 3 rings (SSSR count). The second-order valence-electron chi connectivity index (χ2n) is 5.62. The molecule has 0 spiro atoms. The van der Waals surface area contributed by atoms with Gasteiger partial charge in [-0.3, -0.25) is 0 Å². The smallest absolute Gasteiger partial charge is 0.0480 e. The van der Waals surface area contributed by atoms with Crippen LogP contribution in [0.3, 0.4) is 0 Å². The first-order chi connectivity index (χ1) is 12.3. The highest BCUT2D eigenvalue weighted by Gasteiger charge is 2.23. The summed E-state index contributed by atoms with van der Waals surface area (Å²) in [5.41, 5.74) is 3.47. The van der Waals surface area contributed by atoms with Crippen LogP contribution in [0.15, 0.2) is 72.8 Å². The molecule has 0 aromatic heterocycles. The molecule has 0 aliphatic carbocycles. The zero-order valence-electron chi connectivity index (χ0n) is 13.6. The maximum atomic E-state index is 6.26. The summed E-state index contributed by atoms with van der Waals surface area (Å²) in [7, 11) is -0.779. The van der Waals surface area contributed by atoms with Crippen molar-refractivity contribution in [2.45, 2.75) is 17.6 Å². The Morgan fingerprint density at radius 3 is 1.04 bits per heavy atom. The lowest BCUT2D eigenvalue weighted by atomic mass is 10.2. The van der Waals surface area contributed by atoms with Gasteiger partial charge in [-0.25, -0.2) is 0 Å². The predicted molar refractivity (Wildman–Crippen MR) is 114 cm³/mol. The quantitative estimate of drug-likeness (QED) is 0.365. The first-order valence-corrected chi connectivity index (χ1v) is 11.0. The third-order valence-corrected chi connectivity index (χ3v) is 7.75. The minimum atomic E-state index is -0.779. The van der Waals surface area contributed by atoms with Crippen LogP contribution in [0.2, 0.25) is 0 Å². The zero-order valence-corrected chi connectivity index (χ0v) is 16.8. The van der Waals surface area contributed by atoms with Gasteiger partial charge in [0.1, 0.15) is 0 Å². The van der Waals surface area contributed by atoms with Crippen LogP contribution in [0.1, 0.15) is 16.7 Å². The standard InChI is InChI=1S/C21H18Cl3P/c22-13-16-7-1-4-10-19(16)25(20-11-5-2-8-17(20)14-23)21-12-6-3-9-18(21)15-24/h1-12H,13-15H2. The zero-order chi connectivity index (χ0) is 17.6. The molecular weight excluding hydrogens is 390 g/mol. The topological polar surface area (TPSA) is 0 Å². The highest BCUT2D eigenvalue weighted by molar-refractivity contribution is 7.80. The minimum absolute atomic E-state index is 0.487. The molecule has 0 bridgehead atoms. The van der Waals surface area contributed by atoms with E-state index in [2.05, 4.69) is 54.6 Å². The molecule has 0 saturated carbocycles.